The molecule has 1 aliphatic heterocycles. The zero-order valence-electron chi connectivity index (χ0n) is 21.2. The summed E-state index contributed by atoms with van der Waals surface area (Å²) in [6, 6.07) is 23.6. The minimum absolute atomic E-state index is 0.0347. The highest BCUT2D eigenvalue weighted by atomic mass is 16.6. The van der Waals surface area contributed by atoms with Gasteiger partial charge in [-0.2, -0.15) is 15.8 Å². The molecule has 0 unspecified atom stereocenters. The number of hydrogen-bond acceptors (Lipinski definition) is 6. The summed E-state index contributed by atoms with van der Waals surface area (Å²) in [5.74, 6) is -1.16. The summed E-state index contributed by atoms with van der Waals surface area (Å²) in [5, 5.41) is 30.5. The number of nitrogens with zero attached hydrogens (tertiary/aromatic N) is 4. The van der Waals surface area contributed by atoms with E-state index >= 15 is 0 Å². The molecule has 1 amide bonds. The number of rotatable bonds is 3. The second-order valence-corrected chi connectivity index (χ2v) is 10.5. The average molecular weight is 492 g/mol. The predicted octanol–water partition coefficient (Wildman–Crippen LogP) is 5.05. The van der Waals surface area contributed by atoms with Gasteiger partial charge in [-0.1, -0.05) is 81.4 Å². The molecular weight excluding hydrogens is 462 g/mol. The highest BCUT2D eigenvalue weighted by Gasteiger charge is 2.54. The van der Waals surface area contributed by atoms with Gasteiger partial charge in [-0.15, -0.1) is 0 Å². The molecule has 7 nitrogen and oxygen atoms in total. The molecule has 37 heavy (non-hydrogen) atoms. The number of nitriles is 3. The van der Waals surface area contributed by atoms with Gasteiger partial charge in [-0.3, -0.25) is 0 Å². The Labute approximate surface area is 217 Å². The van der Waals surface area contributed by atoms with Crippen molar-refractivity contribution in [2.45, 2.75) is 38.7 Å². The Morgan fingerprint density at radius 3 is 2.30 bits per heavy atom. The van der Waals surface area contributed by atoms with Crippen LogP contribution in [0.15, 0.2) is 77.5 Å². The van der Waals surface area contributed by atoms with Gasteiger partial charge in [0.05, 0.1) is 23.4 Å². The van der Waals surface area contributed by atoms with Gasteiger partial charge in [0.2, 0.25) is 0 Å². The van der Waals surface area contributed by atoms with Crippen molar-refractivity contribution in [3.8, 4) is 18.2 Å². The predicted molar refractivity (Wildman–Crippen MR) is 138 cm³/mol. The van der Waals surface area contributed by atoms with Gasteiger partial charge in [0.15, 0.2) is 5.41 Å². The van der Waals surface area contributed by atoms with Crippen LogP contribution in [0.2, 0.25) is 0 Å². The van der Waals surface area contributed by atoms with Crippen molar-refractivity contribution in [3.63, 3.8) is 0 Å². The molecule has 2 aromatic rings. The molecule has 2 atom stereocenters. The Balaban J connectivity index is 1.74. The largest absolute Gasteiger partial charge is 0.445 e. The normalized spacial score (nSPS) is 20.5. The lowest BCUT2D eigenvalue weighted by Crippen LogP contribution is -2.49. The summed E-state index contributed by atoms with van der Waals surface area (Å²) >= 11 is 0. The number of benzene rings is 2. The first-order valence-electron chi connectivity index (χ1n) is 12.2. The summed E-state index contributed by atoms with van der Waals surface area (Å²) in [4.78, 5) is 14.5. The third-order valence-corrected chi connectivity index (χ3v) is 7.26. The minimum atomic E-state index is -1.76. The third kappa shape index (κ3) is 4.55. The first-order chi connectivity index (χ1) is 17.7. The molecule has 0 saturated carbocycles. The number of allylic oxidation sites excluding steroid dienone is 2. The Hall–Kier alpha value is -4.54. The number of amides is 1. The minimum Gasteiger partial charge on any atom is -0.445 e. The van der Waals surface area contributed by atoms with Crippen molar-refractivity contribution in [2.75, 3.05) is 13.1 Å². The van der Waals surface area contributed by atoms with E-state index in [1.165, 1.54) is 0 Å². The quantitative estimate of drug-likeness (QED) is 0.640. The highest BCUT2D eigenvalue weighted by molar-refractivity contribution is 5.69. The van der Waals surface area contributed by atoms with E-state index in [1.807, 2.05) is 54.6 Å². The fraction of sp³-hybridized carbons (Fsp3) is 0.333. The van der Waals surface area contributed by atoms with Crippen molar-refractivity contribution >= 4 is 6.09 Å². The number of carbonyl (C=O) groups excluding carboxylic acids is 1. The molecule has 7 heteroatoms. The van der Waals surface area contributed by atoms with Crippen LogP contribution < -0.4 is 5.73 Å². The van der Waals surface area contributed by atoms with E-state index < -0.39 is 23.3 Å². The maximum absolute atomic E-state index is 13.0. The van der Waals surface area contributed by atoms with Crippen molar-refractivity contribution in [1.29, 1.82) is 15.8 Å². The van der Waals surface area contributed by atoms with Gasteiger partial charge in [0.1, 0.15) is 12.7 Å². The molecule has 0 fully saturated rings. The van der Waals surface area contributed by atoms with Crippen molar-refractivity contribution in [1.82, 2.24) is 4.90 Å². The number of carbonyl (C=O) groups is 1. The van der Waals surface area contributed by atoms with Crippen LogP contribution in [0.1, 0.15) is 43.4 Å². The number of ether oxygens (including phenoxy) is 1. The smallest absolute Gasteiger partial charge is 0.410 e. The van der Waals surface area contributed by atoms with E-state index in [-0.39, 0.29) is 36.4 Å². The van der Waals surface area contributed by atoms with E-state index in [0.29, 0.717) is 5.57 Å². The van der Waals surface area contributed by atoms with Gasteiger partial charge < -0.3 is 15.4 Å². The first kappa shape index (κ1) is 25.5. The number of hydrogen-bond donors (Lipinski definition) is 1. The molecule has 2 aliphatic rings. The molecule has 186 valence electrons. The summed E-state index contributed by atoms with van der Waals surface area (Å²) in [6.07, 6.45) is 1.29. The lowest BCUT2D eigenvalue weighted by Gasteiger charge is -2.45. The topological polar surface area (TPSA) is 127 Å². The Bertz CT molecular complexity index is 1370. The van der Waals surface area contributed by atoms with Gasteiger partial charge in [-0.25, -0.2) is 4.79 Å². The van der Waals surface area contributed by atoms with Crippen LogP contribution in [0.3, 0.4) is 0 Å². The van der Waals surface area contributed by atoms with Crippen LogP contribution in [0.4, 0.5) is 4.79 Å². The fourth-order valence-electron chi connectivity index (χ4n) is 5.21. The molecule has 0 bridgehead atoms. The van der Waals surface area contributed by atoms with E-state index in [1.54, 1.807) is 11.0 Å². The number of fused-ring (bicyclic) bond motifs is 1. The molecule has 0 spiro atoms. The van der Waals surface area contributed by atoms with Crippen LogP contribution in [0.25, 0.3) is 0 Å². The first-order valence-corrected chi connectivity index (χ1v) is 12.2. The van der Waals surface area contributed by atoms with Crippen LogP contribution in [0.5, 0.6) is 0 Å². The molecule has 0 radical (unpaired) electrons. The van der Waals surface area contributed by atoms with Gasteiger partial charge in [0.25, 0.3) is 0 Å². The molecule has 2 N–H and O–H groups in total. The average Bonchev–Trinajstić information content (AvgIpc) is 2.91. The summed E-state index contributed by atoms with van der Waals surface area (Å²) < 4.78 is 5.55. The number of nitrogens with two attached hydrogens (primary N) is 1. The summed E-state index contributed by atoms with van der Waals surface area (Å²) in [5.41, 5.74) is 8.08. The van der Waals surface area contributed by atoms with Crippen molar-refractivity contribution < 1.29 is 9.53 Å². The summed E-state index contributed by atoms with van der Waals surface area (Å²) in [6.45, 7) is 6.88. The molecule has 0 saturated heterocycles. The molecule has 1 heterocycles. The van der Waals surface area contributed by atoms with Crippen molar-refractivity contribution in [2.24, 2.45) is 17.1 Å². The second kappa shape index (κ2) is 9.84. The second-order valence-electron chi connectivity index (χ2n) is 10.5. The molecule has 0 aromatic heterocycles. The zero-order valence-corrected chi connectivity index (χ0v) is 21.2. The third-order valence-electron chi connectivity index (χ3n) is 7.26. The van der Waals surface area contributed by atoms with Gasteiger partial charge in [0, 0.05) is 24.9 Å². The van der Waals surface area contributed by atoms with E-state index in [0.717, 1.165) is 16.7 Å². The molecular formula is C30H29N5O2. The van der Waals surface area contributed by atoms with E-state index in [2.05, 4.69) is 39.0 Å². The standard InChI is InChI=1S/C30H29N5O2/c1-29(2,3)22-11-9-21(10-12-22)26-25-16-35(28(36)37-17-20-7-5-4-6-8-20)14-13-23(25)24(15-31)27(34)30(26,18-32)19-33/h4-13,25-26H,14,16-17,34H2,1-3H3/t25-,26+/m0/s1. The zero-order chi connectivity index (χ0) is 26.8. The Morgan fingerprint density at radius 2 is 1.73 bits per heavy atom. The maximum Gasteiger partial charge on any atom is 0.410 e. The Kier molecular flexibility index (Phi) is 6.80. The van der Waals surface area contributed by atoms with Gasteiger partial charge >= 0.3 is 6.09 Å². The van der Waals surface area contributed by atoms with Crippen LogP contribution >= 0.6 is 0 Å². The lowest BCUT2D eigenvalue weighted by molar-refractivity contribution is 0.0898. The van der Waals surface area contributed by atoms with E-state index in [4.69, 9.17) is 10.5 Å². The van der Waals surface area contributed by atoms with E-state index in [9.17, 15) is 20.6 Å². The maximum atomic E-state index is 13.0. The highest BCUT2D eigenvalue weighted by Crippen LogP contribution is 2.54. The monoisotopic (exact) mass is 491 g/mol. The summed E-state index contributed by atoms with van der Waals surface area (Å²) in [7, 11) is 0. The lowest BCUT2D eigenvalue weighted by atomic mass is 9.58. The fourth-order valence-corrected chi connectivity index (χ4v) is 5.21. The van der Waals surface area contributed by atoms with Crippen LogP contribution in [-0.2, 0) is 16.8 Å². The SMILES string of the molecule is CC(C)(C)c1ccc([C@@H]2[C@H]3CN(C(=O)OCc4ccccc4)CC=C3C(C#N)=C(N)C2(C#N)C#N)cc1. The Morgan fingerprint density at radius 1 is 1.08 bits per heavy atom. The van der Waals surface area contributed by atoms with Gasteiger partial charge in [-0.05, 0) is 27.7 Å². The molecule has 4 rings (SSSR count). The van der Waals surface area contributed by atoms with Crippen LogP contribution in [0, 0.1) is 45.3 Å². The molecule has 1 aliphatic carbocycles. The van der Waals surface area contributed by atoms with Crippen LogP contribution in [-0.4, -0.2) is 24.1 Å². The van der Waals surface area contributed by atoms with Crippen molar-refractivity contribution in [3.05, 3.63) is 94.2 Å². The molecule has 2 aromatic carbocycles.